The highest BCUT2D eigenvalue weighted by atomic mass is 35.5. The van der Waals surface area contributed by atoms with Crippen LogP contribution < -0.4 is 15.2 Å². The first kappa shape index (κ1) is 12.5. The summed E-state index contributed by atoms with van der Waals surface area (Å²) >= 11 is 5.78. The number of pyridine rings is 1. The molecule has 2 rings (SSSR count). The van der Waals surface area contributed by atoms with Gasteiger partial charge in [-0.2, -0.15) is 0 Å². The maximum Gasteiger partial charge on any atom is 0.242 e. The Balaban J connectivity index is 2.28. The maximum absolute atomic E-state index is 5.78. The van der Waals surface area contributed by atoms with Crippen LogP contribution in [0.25, 0.3) is 0 Å². The van der Waals surface area contributed by atoms with E-state index in [1.165, 1.54) is 6.20 Å². The number of halogens is 1. The van der Waals surface area contributed by atoms with Crippen LogP contribution in [0.5, 0.6) is 17.4 Å². The quantitative estimate of drug-likeness (QED) is 0.918. The first-order valence-electron chi connectivity index (χ1n) is 5.51. The molecule has 0 aliphatic rings. The van der Waals surface area contributed by atoms with Crippen LogP contribution in [0.1, 0.15) is 6.92 Å². The van der Waals surface area contributed by atoms with E-state index in [-0.39, 0.29) is 0 Å². The molecule has 1 heterocycles. The summed E-state index contributed by atoms with van der Waals surface area (Å²) in [6.45, 7) is 2.47. The van der Waals surface area contributed by atoms with Crippen LogP contribution in [0.3, 0.4) is 0 Å². The Morgan fingerprint density at radius 2 is 2.00 bits per heavy atom. The number of nitrogens with zero attached hydrogens (tertiary/aromatic N) is 1. The molecule has 0 fully saturated rings. The van der Waals surface area contributed by atoms with Crippen LogP contribution in [0, 0.1) is 0 Å². The minimum absolute atomic E-state index is 0.312. The third kappa shape index (κ3) is 2.84. The standard InChI is InChI=1S/C13H13ClN2O2/c1-2-17-11-5-3-4-6-12(11)18-13-10(15)7-9(14)8-16-13/h3-8H,2,15H2,1H3. The lowest BCUT2D eigenvalue weighted by molar-refractivity contribution is 0.320. The minimum atomic E-state index is 0.312. The number of hydrogen-bond donors (Lipinski definition) is 1. The summed E-state index contributed by atoms with van der Waals surface area (Å²) in [6.07, 6.45) is 1.48. The van der Waals surface area contributed by atoms with E-state index < -0.39 is 0 Å². The van der Waals surface area contributed by atoms with E-state index in [0.717, 1.165) is 0 Å². The fourth-order valence-corrected chi connectivity index (χ4v) is 1.61. The highest BCUT2D eigenvalue weighted by Gasteiger charge is 2.08. The average molecular weight is 265 g/mol. The molecule has 0 amide bonds. The zero-order valence-corrected chi connectivity index (χ0v) is 10.6. The summed E-state index contributed by atoms with van der Waals surface area (Å²) in [5, 5.41) is 0.470. The van der Waals surface area contributed by atoms with E-state index in [9.17, 15) is 0 Å². The molecule has 0 spiro atoms. The lowest BCUT2D eigenvalue weighted by atomic mass is 10.3. The summed E-state index contributed by atoms with van der Waals surface area (Å²) in [5.41, 5.74) is 6.16. The number of rotatable bonds is 4. The molecule has 4 nitrogen and oxygen atoms in total. The van der Waals surface area contributed by atoms with Gasteiger partial charge in [0, 0.05) is 6.20 Å². The zero-order chi connectivity index (χ0) is 13.0. The van der Waals surface area contributed by atoms with E-state index in [0.29, 0.717) is 34.7 Å². The molecule has 0 radical (unpaired) electrons. The Hall–Kier alpha value is -1.94. The van der Waals surface area contributed by atoms with Crippen molar-refractivity contribution in [3.63, 3.8) is 0 Å². The zero-order valence-electron chi connectivity index (χ0n) is 9.89. The molecule has 0 saturated carbocycles. The van der Waals surface area contributed by atoms with Crippen LogP contribution >= 0.6 is 11.6 Å². The molecule has 0 bridgehead atoms. The molecule has 0 unspecified atom stereocenters. The van der Waals surface area contributed by atoms with Gasteiger partial charge >= 0.3 is 0 Å². The van der Waals surface area contributed by atoms with E-state index in [1.807, 2.05) is 25.1 Å². The van der Waals surface area contributed by atoms with Crippen molar-refractivity contribution in [3.05, 3.63) is 41.6 Å². The summed E-state index contributed by atoms with van der Waals surface area (Å²) in [5.74, 6) is 1.53. The van der Waals surface area contributed by atoms with Crippen molar-refractivity contribution in [1.82, 2.24) is 4.98 Å². The van der Waals surface area contributed by atoms with E-state index in [2.05, 4.69) is 4.98 Å². The molecule has 94 valence electrons. The molecular formula is C13H13ClN2O2. The van der Waals surface area contributed by atoms with Gasteiger partial charge in [0.2, 0.25) is 5.88 Å². The predicted molar refractivity (Wildman–Crippen MR) is 71.3 cm³/mol. The number of hydrogen-bond acceptors (Lipinski definition) is 4. The van der Waals surface area contributed by atoms with Gasteiger partial charge in [0.25, 0.3) is 0 Å². The van der Waals surface area contributed by atoms with Crippen LogP contribution in [-0.4, -0.2) is 11.6 Å². The molecule has 1 aromatic heterocycles. The van der Waals surface area contributed by atoms with Crippen molar-refractivity contribution in [3.8, 4) is 17.4 Å². The van der Waals surface area contributed by atoms with Gasteiger partial charge in [0.1, 0.15) is 0 Å². The van der Waals surface area contributed by atoms with E-state index in [4.69, 9.17) is 26.8 Å². The molecule has 2 aromatic rings. The lowest BCUT2D eigenvalue weighted by Gasteiger charge is -2.11. The van der Waals surface area contributed by atoms with Gasteiger partial charge in [0.05, 0.1) is 17.3 Å². The van der Waals surface area contributed by atoms with Crippen molar-refractivity contribution < 1.29 is 9.47 Å². The van der Waals surface area contributed by atoms with Crippen LogP contribution in [0.2, 0.25) is 5.02 Å². The highest BCUT2D eigenvalue weighted by Crippen LogP contribution is 2.33. The number of nitrogen functional groups attached to an aromatic ring is 1. The van der Waals surface area contributed by atoms with Crippen LogP contribution in [-0.2, 0) is 0 Å². The Kier molecular flexibility index (Phi) is 3.89. The largest absolute Gasteiger partial charge is 0.490 e. The molecule has 2 N–H and O–H groups in total. The van der Waals surface area contributed by atoms with E-state index in [1.54, 1.807) is 12.1 Å². The van der Waals surface area contributed by atoms with Gasteiger partial charge < -0.3 is 15.2 Å². The molecule has 0 aliphatic carbocycles. The van der Waals surface area contributed by atoms with Gasteiger partial charge in [-0.05, 0) is 25.1 Å². The average Bonchev–Trinajstić information content (AvgIpc) is 2.35. The van der Waals surface area contributed by atoms with Gasteiger partial charge in [-0.15, -0.1) is 0 Å². The number of benzene rings is 1. The lowest BCUT2D eigenvalue weighted by Crippen LogP contribution is -1.98. The van der Waals surface area contributed by atoms with Crippen LogP contribution in [0.4, 0.5) is 5.69 Å². The number of ether oxygens (including phenoxy) is 2. The van der Waals surface area contributed by atoms with E-state index >= 15 is 0 Å². The molecule has 0 aliphatic heterocycles. The number of anilines is 1. The van der Waals surface area contributed by atoms with Crippen molar-refractivity contribution >= 4 is 17.3 Å². The minimum Gasteiger partial charge on any atom is -0.490 e. The predicted octanol–water partition coefficient (Wildman–Crippen LogP) is 3.51. The third-order valence-electron chi connectivity index (χ3n) is 2.20. The highest BCUT2D eigenvalue weighted by molar-refractivity contribution is 6.30. The number of nitrogens with two attached hydrogens (primary N) is 1. The molecule has 0 saturated heterocycles. The van der Waals surface area contributed by atoms with Gasteiger partial charge in [-0.3, -0.25) is 0 Å². The normalized spacial score (nSPS) is 10.1. The summed E-state index contributed by atoms with van der Waals surface area (Å²) in [4.78, 5) is 4.04. The molecular weight excluding hydrogens is 252 g/mol. The first-order valence-corrected chi connectivity index (χ1v) is 5.89. The third-order valence-corrected chi connectivity index (χ3v) is 2.41. The Labute approximate surface area is 110 Å². The second-order valence-corrected chi connectivity index (χ2v) is 3.97. The van der Waals surface area contributed by atoms with Crippen molar-refractivity contribution in [2.45, 2.75) is 6.92 Å². The van der Waals surface area contributed by atoms with Gasteiger partial charge in [-0.1, -0.05) is 23.7 Å². The number of aromatic nitrogens is 1. The Bertz CT molecular complexity index is 546. The number of para-hydroxylation sites is 2. The van der Waals surface area contributed by atoms with Gasteiger partial charge in [-0.25, -0.2) is 4.98 Å². The Morgan fingerprint density at radius 1 is 1.28 bits per heavy atom. The SMILES string of the molecule is CCOc1ccccc1Oc1ncc(Cl)cc1N. The smallest absolute Gasteiger partial charge is 0.242 e. The fraction of sp³-hybridized carbons (Fsp3) is 0.154. The maximum atomic E-state index is 5.78. The molecule has 5 heteroatoms. The van der Waals surface area contributed by atoms with Gasteiger partial charge in [0.15, 0.2) is 11.5 Å². The monoisotopic (exact) mass is 264 g/mol. The van der Waals surface area contributed by atoms with Crippen molar-refractivity contribution in [2.75, 3.05) is 12.3 Å². The summed E-state index contributed by atoms with van der Waals surface area (Å²) in [7, 11) is 0. The second kappa shape index (κ2) is 5.60. The van der Waals surface area contributed by atoms with Crippen molar-refractivity contribution in [2.24, 2.45) is 0 Å². The second-order valence-electron chi connectivity index (χ2n) is 3.53. The summed E-state index contributed by atoms with van der Waals surface area (Å²) in [6, 6.07) is 8.93. The molecule has 1 aromatic carbocycles. The molecule has 18 heavy (non-hydrogen) atoms. The first-order chi connectivity index (χ1) is 8.70. The summed E-state index contributed by atoms with van der Waals surface area (Å²) < 4.78 is 11.1. The fourth-order valence-electron chi connectivity index (χ4n) is 1.44. The molecule has 0 atom stereocenters. The Morgan fingerprint density at radius 3 is 2.67 bits per heavy atom. The topological polar surface area (TPSA) is 57.4 Å². The van der Waals surface area contributed by atoms with Crippen LogP contribution in [0.15, 0.2) is 36.5 Å². The van der Waals surface area contributed by atoms with Crippen molar-refractivity contribution in [1.29, 1.82) is 0 Å².